The summed E-state index contributed by atoms with van der Waals surface area (Å²) in [5.74, 6) is 1.70. The van der Waals surface area contributed by atoms with Crippen LogP contribution in [0.5, 0.6) is 0 Å². The third kappa shape index (κ3) is 5.57. The number of halogens is 1. The number of thioether (sulfide) groups is 1. The molecule has 0 aromatic heterocycles. The molecule has 7 nitrogen and oxygen atoms in total. The van der Waals surface area contributed by atoms with Crippen LogP contribution in [0.25, 0.3) is 0 Å². The number of aliphatic imine (C=N–C) groups is 2. The number of rotatable bonds is 5. The summed E-state index contributed by atoms with van der Waals surface area (Å²) in [6.45, 7) is 5.07. The Bertz CT molecular complexity index is 1010. The van der Waals surface area contributed by atoms with Crippen LogP contribution in [0.1, 0.15) is 26.2 Å². The van der Waals surface area contributed by atoms with Crippen LogP contribution < -0.4 is 10.6 Å². The van der Waals surface area contributed by atoms with Crippen molar-refractivity contribution >= 4 is 41.0 Å². The summed E-state index contributed by atoms with van der Waals surface area (Å²) < 4.78 is 13.5. The molecule has 1 aromatic carbocycles. The van der Waals surface area contributed by atoms with Crippen LogP contribution in [0.15, 0.2) is 38.8 Å². The number of benzene rings is 1. The van der Waals surface area contributed by atoms with Gasteiger partial charge in [-0.05, 0) is 51.1 Å². The first-order valence-electron chi connectivity index (χ1n) is 11.0. The molecule has 3 aliphatic heterocycles. The standard InChI is InChI=1S/C21H27FN6OS.C3H4/c1-24-17(12-25-13-27-8-3-4-9-27)21-26(2)18-7-10-28(20(29)19(18)30-21)14-5-6-15(22)16(23)11-14;1-3-2/h5-6,11-12,21H,3-4,7-10,13,23H2,1-2H3;1H,2H3/b24-17?,25-12-;. The number of nitrogens with two attached hydrogens (primary N) is 1. The molecule has 0 aliphatic carbocycles. The molecule has 0 spiro atoms. The third-order valence-electron chi connectivity index (χ3n) is 5.79. The molecule has 176 valence electrons. The first-order chi connectivity index (χ1) is 15.9. The number of anilines is 2. The normalized spacial score (nSPS) is 21.4. The molecule has 9 heteroatoms. The van der Waals surface area contributed by atoms with Crippen LogP contribution in [-0.4, -0.2) is 73.4 Å². The van der Waals surface area contributed by atoms with E-state index in [1.165, 1.54) is 36.7 Å². The van der Waals surface area contributed by atoms with Crippen molar-refractivity contribution < 1.29 is 9.18 Å². The lowest BCUT2D eigenvalue weighted by molar-refractivity contribution is -0.114. The van der Waals surface area contributed by atoms with E-state index < -0.39 is 5.82 Å². The lowest BCUT2D eigenvalue weighted by Crippen LogP contribution is -2.38. The number of terminal acetylenes is 1. The molecule has 3 aliphatic rings. The zero-order chi connectivity index (χ0) is 24.0. The lowest BCUT2D eigenvalue weighted by Gasteiger charge is -2.30. The maximum Gasteiger partial charge on any atom is 0.266 e. The maximum atomic E-state index is 13.5. The fraction of sp³-hybridized carbons (Fsp3) is 0.458. The fourth-order valence-electron chi connectivity index (χ4n) is 4.08. The topological polar surface area (TPSA) is 77.5 Å². The van der Waals surface area contributed by atoms with Crippen LogP contribution in [0.3, 0.4) is 0 Å². The Morgan fingerprint density at radius 1 is 1.36 bits per heavy atom. The van der Waals surface area contributed by atoms with Gasteiger partial charge < -0.3 is 15.5 Å². The molecule has 0 saturated carbocycles. The van der Waals surface area contributed by atoms with Crippen molar-refractivity contribution in [3.8, 4) is 12.3 Å². The molecule has 4 rings (SSSR count). The highest BCUT2D eigenvalue weighted by atomic mass is 32.2. The van der Waals surface area contributed by atoms with Crippen molar-refractivity contribution in [1.82, 2.24) is 9.80 Å². The quantitative estimate of drug-likeness (QED) is 0.406. The van der Waals surface area contributed by atoms with Gasteiger partial charge in [-0.15, -0.1) is 12.3 Å². The number of likely N-dealkylation sites (tertiary alicyclic amines) is 1. The molecular formula is C24H31FN6OS. The van der Waals surface area contributed by atoms with E-state index in [2.05, 4.69) is 32.1 Å². The Hall–Kier alpha value is -2.83. The summed E-state index contributed by atoms with van der Waals surface area (Å²) in [7, 11) is 3.76. The van der Waals surface area contributed by atoms with Crippen LogP contribution in [0, 0.1) is 18.2 Å². The van der Waals surface area contributed by atoms with Gasteiger partial charge in [-0.25, -0.2) is 4.39 Å². The highest BCUT2D eigenvalue weighted by molar-refractivity contribution is 8.05. The van der Waals surface area contributed by atoms with Gasteiger partial charge >= 0.3 is 0 Å². The molecule has 33 heavy (non-hydrogen) atoms. The Morgan fingerprint density at radius 2 is 2.06 bits per heavy atom. The second-order valence-electron chi connectivity index (χ2n) is 7.98. The largest absolute Gasteiger partial charge is 0.396 e. The van der Waals surface area contributed by atoms with E-state index in [1.807, 2.05) is 13.3 Å². The highest BCUT2D eigenvalue weighted by Crippen LogP contribution is 2.43. The van der Waals surface area contributed by atoms with Crippen LogP contribution in [0.2, 0.25) is 0 Å². The Labute approximate surface area is 199 Å². The summed E-state index contributed by atoms with van der Waals surface area (Å²) in [5, 5.41) is -0.0792. The van der Waals surface area contributed by atoms with E-state index in [-0.39, 0.29) is 17.0 Å². The zero-order valence-electron chi connectivity index (χ0n) is 19.4. The summed E-state index contributed by atoms with van der Waals surface area (Å²) >= 11 is 1.51. The predicted octanol–water partition coefficient (Wildman–Crippen LogP) is 3.20. The molecule has 1 unspecified atom stereocenters. The number of hydrogen-bond donors (Lipinski definition) is 1. The first-order valence-corrected chi connectivity index (χ1v) is 11.8. The molecule has 1 saturated heterocycles. The molecular weight excluding hydrogens is 439 g/mol. The minimum atomic E-state index is -0.477. The van der Waals surface area contributed by atoms with Crippen molar-refractivity contribution in [2.45, 2.75) is 31.6 Å². The average molecular weight is 471 g/mol. The number of carbonyl (C=O) groups is 1. The monoisotopic (exact) mass is 470 g/mol. The third-order valence-corrected chi connectivity index (χ3v) is 7.21. The molecule has 2 N–H and O–H groups in total. The number of carbonyl (C=O) groups excluding carboxylic acids is 1. The predicted molar refractivity (Wildman–Crippen MR) is 136 cm³/mol. The zero-order valence-corrected chi connectivity index (χ0v) is 20.2. The summed E-state index contributed by atoms with van der Waals surface area (Å²) in [6.07, 6.45) is 9.63. The molecule has 1 fully saturated rings. The van der Waals surface area contributed by atoms with E-state index in [9.17, 15) is 9.18 Å². The second kappa shape index (κ2) is 11.3. The smallest absolute Gasteiger partial charge is 0.266 e. The van der Waals surface area contributed by atoms with Gasteiger partial charge in [-0.1, -0.05) is 11.8 Å². The van der Waals surface area contributed by atoms with Crippen molar-refractivity contribution in [3.63, 3.8) is 0 Å². The Kier molecular flexibility index (Phi) is 8.53. The van der Waals surface area contributed by atoms with Gasteiger partial charge in [-0.2, -0.15) is 0 Å². The number of hydrogen-bond acceptors (Lipinski definition) is 7. The van der Waals surface area contributed by atoms with Gasteiger partial charge in [0, 0.05) is 44.7 Å². The SMILES string of the molecule is C#CC.CN=C(/C=N\CN1CCCC1)C1SC2=C(CCN(c3ccc(F)c(N)c3)C2=O)N1C. The number of nitrogens with zero attached hydrogens (tertiary/aromatic N) is 5. The number of amides is 1. The van der Waals surface area contributed by atoms with Gasteiger partial charge in [0.15, 0.2) is 0 Å². The van der Waals surface area contributed by atoms with Crippen LogP contribution >= 0.6 is 11.8 Å². The molecule has 0 radical (unpaired) electrons. The summed E-state index contributed by atoms with van der Waals surface area (Å²) in [6, 6.07) is 4.42. The minimum Gasteiger partial charge on any atom is -0.396 e. The Balaban J connectivity index is 0.000000968. The van der Waals surface area contributed by atoms with E-state index >= 15 is 0 Å². The van der Waals surface area contributed by atoms with Gasteiger partial charge in [0.05, 0.1) is 23.0 Å². The Morgan fingerprint density at radius 3 is 2.70 bits per heavy atom. The van der Waals surface area contributed by atoms with Gasteiger partial charge in [0.1, 0.15) is 11.2 Å². The summed E-state index contributed by atoms with van der Waals surface area (Å²) in [5.41, 5.74) is 8.24. The van der Waals surface area contributed by atoms with Crippen LogP contribution in [0.4, 0.5) is 15.8 Å². The number of nitrogen functional groups attached to an aromatic ring is 1. The molecule has 3 heterocycles. The van der Waals surface area contributed by atoms with Gasteiger partial charge in [-0.3, -0.25) is 19.7 Å². The molecule has 1 atom stereocenters. The molecule has 1 aromatic rings. The van der Waals surface area contributed by atoms with E-state index in [0.29, 0.717) is 23.8 Å². The summed E-state index contributed by atoms with van der Waals surface area (Å²) in [4.78, 5) is 29.1. The minimum absolute atomic E-state index is 0.0452. The van der Waals surface area contributed by atoms with Crippen molar-refractivity contribution in [1.29, 1.82) is 0 Å². The van der Waals surface area contributed by atoms with E-state index in [1.54, 1.807) is 24.9 Å². The van der Waals surface area contributed by atoms with E-state index in [0.717, 1.165) is 30.9 Å². The van der Waals surface area contributed by atoms with Crippen molar-refractivity contribution in [2.24, 2.45) is 9.98 Å². The van der Waals surface area contributed by atoms with Gasteiger partial charge in [0.2, 0.25) is 0 Å². The lowest BCUT2D eigenvalue weighted by atomic mass is 10.1. The second-order valence-corrected chi connectivity index (χ2v) is 9.08. The van der Waals surface area contributed by atoms with Crippen molar-refractivity contribution in [3.05, 3.63) is 34.6 Å². The van der Waals surface area contributed by atoms with Crippen molar-refractivity contribution in [2.75, 3.05) is 51.0 Å². The van der Waals surface area contributed by atoms with Gasteiger partial charge in [0.25, 0.3) is 5.91 Å². The van der Waals surface area contributed by atoms with Crippen LogP contribution in [-0.2, 0) is 4.79 Å². The van der Waals surface area contributed by atoms with E-state index in [4.69, 9.17) is 5.73 Å². The highest BCUT2D eigenvalue weighted by Gasteiger charge is 2.40. The first kappa shape index (κ1) is 24.8. The average Bonchev–Trinajstić information content (AvgIpc) is 3.43. The molecule has 0 bridgehead atoms. The maximum absolute atomic E-state index is 13.5. The molecule has 1 amide bonds. The fourth-order valence-corrected chi connectivity index (χ4v) is 5.46.